The van der Waals surface area contributed by atoms with E-state index in [2.05, 4.69) is 14.9 Å². The quantitative estimate of drug-likeness (QED) is 0.578. The predicted molar refractivity (Wildman–Crippen MR) is 121 cm³/mol. The van der Waals surface area contributed by atoms with Crippen molar-refractivity contribution in [2.24, 2.45) is 5.92 Å². The SMILES string of the molecule is CC1(C)OB(c2cnc(N(C[C@@H]3CCCN(C(=O)[C@@H](O)CO)C3)C3CC3)nc2)OC1(C)C. The van der Waals surface area contributed by atoms with Gasteiger partial charge in [-0.05, 0) is 59.3 Å². The molecule has 0 unspecified atom stereocenters. The molecule has 1 aromatic heterocycles. The zero-order valence-corrected chi connectivity index (χ0v) is 19.5. The molecule has 0 bridgehead atoms. The third-order valence-corrected chi connectivity index (χ3v) is 7.17. The molecular formula is C22H35BN4O5. The Morgan fingerprint density at radius 1 is 1.22 bits per heavy atom. The minimum Gasteiger partial charge on any atom is -0.399 e. The Kier molecular flexibility index (Phi) is 6.51. The summed E-state index contributed by atoms with van der Waals surface area (Å²) in [5.41, 5.74) is -0.0234. The molecule has 10 heteroatoms. The van der Waals surface area contributed by atoms with E-state index in [1.807, 2.05) is 27.7 Å². The molecule has 1 aromatic rings. The van der Waals surface area contributed by atoms with Crippen LogP contribution in [-0.4, -0.2) is 87.7 Å². The van der Waals surface area contributed by atoms with Crippen molar-refractivity contribution in [1.82, 2.24) is 14.9 Å². The van der Waals surface area contributed by atoms with Gasteiger partial charge in [0.2, 0.25) is 5.95 Å². The Morgan fingerprint density at radius 2 is 1.84 bits per heavy atom. The van der Waals surface area contributed by atoms with E-state index in [1.165, 1.54) is 0 Å². The molecule has 1 aliphatic carbocycles. The third kappa shape index (κ3) is 4.78. The first kappa shape index (κ1) is 23.4. The van der Waals surface area contributed by atoms with Gasteiger partial charge in [0.25, 0.3) is 5.91 Å². The minimum atomic E-state index is -1.33. The van der Waals surface area contributed by atoms with Gasteiger partial charge in [-0.1, -0.05) is 0 Å². The second-order valence-electron chi connectivity index (χ2n) is 10.3. The first-order chi connectivity index (χ1) is 15.1. The lowest BCUT2D eigenvalue weighted by atomic mass is 9.81. The molecule has 32 heavy (non-hydrogen) atoms. The highest BCUT2D eigenvalue weighted by atomic mass is 16.7. The van der Waals surface area contributed by atoms with Crippen LogP contribution in [0.5, 0.6) is 0 Å². The molecule has 3 aliphatic rings. The molecule has 4 rings (SSSR count). The molecule has 3 heterocycles. The first-order valence-corrected chi connectivity index (χ1v) is 11.6. The maximum atomic E-state index is 12.3. The largest absolute Gasteiger partial charge is 0.498 e. The molecule has 0 spiro atoms. The average Bonchev–Trinajstić information content (AvgIpc) is 3.58. The van der Waals surface area contributed by atoms with E-state index in [0.717, 1.165) is 37.7 Å². The average molecular weight is 446 g/mol. The molecule has 2 aliphatic heterocycles. The van der Waals surface area contributed by atoms with Crippen molar-refractivity contribution in [2.45, 2.75) is 76.7 Å². The van der Waals surface area contributed by atoms with Gasteiger partial charge >= 0.3 is 7.12 Å². The van der Waals surface area contributed by atoms with Gasteiger partial charge in [0.05, 0.1) is 17.8 Å². The van der Waals surface area contributed by atoms with Gasteiger partial charge < -0.3 is 29.3 Å². The van der Waals surface area contributed by atoms with E-state index in [1.54, 1.807) is 17.3 Å². The molecule has 2 atom stereocenters. The number of rotatable bonds is 7. The fraction of sp³-hybridized carbons (Fsp3) is 0.773. The Labute approximate surface area is 190 Å². The zero-order chi connectivity index (χ0) is 23.1. The van der Waals surface area contributed by atoms with Crippen LogP contribution in [0.1, 0.15) is 53.4 Å². The van der Waals surface area contributed by atoms with Gasteiger partial charge in [0.1, 0.15) is 0 Å². The Morgan fingerprint density at radius 3 is 2.41 bits per heavy atom. The van der Waals surface area contributed by atoms with Crippen LogP contribution < -0.4 is 10.4 Å². The van der Waals surface area contributed by atoms with Crippen LogP contribution in [0.3, 0.4) is 0 Å². The van der Waals surface area contributed by atoms with Crippen molar-refractivity contribution < 1.29 is 24.3 Å². The number of aliphatic hydroxyl groups is 2. The van der Waals surface area contributed by atoms with Crippen LogP contribution in [0.2, 0.25) is 0 Å². The summed E-state index contributed by atoms with van der Waals surface area (Å²) in [5.74, 6) is 0.565. The number of aliphatic hydroxyl groups excluding tert-OH is 2. The molecule has 1 saturated carbocycles. The molecule has 2 saturated heterocycles. The summed E-state index contributed by atoms with van der Waals surface area (Å²) in [6.45, 7) is 9.50. The normalized spacial score (nSPS) is 25.6. The zero-order valence-electron chi connectivity index (χ0n) is 19.5. The lowest BCUT2D eigenvalue weighted by molar-refractivity contribution is -0.143. The first-order valence-electron chi connectivity index (χ1n) is 11.6. The van der Waals surface area contributed by atoms with Crippen molar-refractivity contribution in [2.75, 3.05) is 31.1 Å². The summed E-state index contributed by atoms with van der Waals surface area (Å²) in [6.07, 6.45) is 6.35. The molecule has 2 N–H and O–H groups in total. The summed E-state index contributed by atoms with van der Waals surface area (Å²) >= 11 is 0. The summed E-state index contributed by atoms with van der Waals surface area (Å²) in [7, 11) is -0.487. The van der Waals surface area contributed by atoms with E-state index in [-0.39, 0.29) is 5.92 Å². The number of hydrogen-bond acceptors (Lipinski definition) is 8. The summed E-state index contributed by atoms with van der Waals surface area (Å²) in [6, 6.07) is 0.423. The van der Waals surface area contributed by atoms with Crippen LogP contribution in [0.25, 0.3) is 0 Å². The van der Waals surface area contributed by atoms with Crippen molar-refractivity contribution in [3.05, 3.63) is 12.4 Å². The van der Waals surface area contributed by atoms with Crippen molar-refractivity contribution >= 4 is 24.4 Å². The van der Waals surface area contributed by atoms with E-state index in [4.69, 9.17) is 14.4 Å². The standard InChI is InChI=1S/C22H35BN4O5/c1-21(2)22(3,4)32-23(31-21)16-10-24-20(25-11-16)27(17-7-8-17)13-15-6-5-9-26(12-15)19(30)18(29)14-28/h10-11,15,17-18,28-29H,5-9,12-14H2,1-4H3/t15-,18+/m1/s1. The van der Waals surface area contributed by atoms with E-state index < -0.39 is 36.9 Å². The highest BCUT2D eigenvalue weighted by Crippen LogP contribution is 2.36. The van der Waals surface area contributed by atoms with E-state index in [9.17, 15) is 9.90 Å². The summed E-state index contributed by atoms with van der Waals surface area (Å²) in [5, 5.41) is 18.8. The lowest BCUT2D eigenvalue weighted by Gasteiger charge is -2.36. The number of anilines is 1. The molecule has 9 nitrogen and oxygen atoms in total. The Hall–Kier alpha value is -1.75. The molecule has 0 aromatic carbocycles. The number of amides is 1. The van der Waals surface area contributed by atoms with Crippen molar-refractivity contribution in [3.63, 3.8) is 0 Å². The predicted octanol–water partition coefficient (Wildman–Crippen LogP) is 0.336. The number of hydrogen-bond donors (Lipinski definition) is 2. The molecule has 176 valence electrons. The molecular weight excluding hydrogens is 411 g/mol. The van der Waals surface area contributed by atoms with E-state index in [0.29, 0.717) is 25.1 Å². The maximum Gasteiger partial charge on any atom is 0.498 e. The maximum absolute atomic E-state index is 12.3. The Balaban J connectivity index is 1.42. The van der Waals surface area contributed by atoms with Crippen LogP contribution in [0.4, 0.5) is 5.95 Å². The smallest absolute Gasteiger partial charge is 0.399 e. The van der Waals surface area contributed by atoms with Gasteiger partial charge in [0.15, 0.2) is 6.10 Å². The van der Waals surface area contributed by atoms with Gasteiger partial charge in [-0.25, -0.2) is 9.97 Å². The van der Waals surface area contributed by atoms with Crippen molar-refractivity contribution in [1.29, 1.82) is 0 Å². The van der Waals surface area contributed by atoms with Gasteiger partial charge in [-0.15, -0.1) is 0 Å². The number of carbonyl (C=O) groups excluding carboxylic acids is 1. The minimum absolute atomic E-state index is 0.269. The summed E-state index contributed by atoms with van der Waals surface area (Å²) in [4.78, 5) is 25.5. The van der Waals surface area contributed by atoms with Crippen LogP contribution in [0.15, 0.2) is 12.4 Å². The second-order valence-corrected chi connectivity index (χ2v) is 10.3. The van der Waals surface area contributed by atoms with Gasteiger partial charge in [0, 0.05) is 43.5 Å². The number of piperidine rings is 1. The second kappa shape index (κ2) is 8.89. The highest BCUT2D eigenvalue weighted by molar-refractivity contribution is 6.61. The fourth-order valence-electron chi connectivity index (χ4n) is 4.34. The fourth-order valence-corrected chi connectivity index (χ4v) is 4.34. The van der Waals surface area contributed by atoms with Crippen LogP contribution in [0, 0.1) is 5.92 Å². The topological polar surface area (TPSA) is 108 Å². The monoisotopic (exact) mass is 446 g/mol. The molecule has 0 radical (unpaired) electrons. The Bertz CT molecular complexity index is 801. The number of likely N-dealkylation sites (tertiary alicyclic amines) is 1. The third-order valence-electron chi connectivity index (χ3n) is 7.17. The van der Waals surface area contributed by atoms with E-state index >= 15 is 0 Å². The van der Waals surface area contributed by atoms with Gasteiger partial charge in [-0.2, -0.15) is 0 Å². The molecule has 3 fully saturated rings. The number of carbonyl (C=O) groups is 1. The van der Waals surface area contributed by atoms with Gasteiger partial charge in [-0.3, -0.25) is 4.79 Å². The lowest BCUT2D eigenvalue weighted by Crippen LogP contribution is -2.48. The van der Waals surface area contributed by atoms with Crippen molar-refractivity contribution in [3.8, 4) is 0 Å². The summed E-state index contributed by atoms with van der Waals surface area (Å²) < 4.78 is 12.2. The van der Waals surface area contributed by atoms with Crippen LogP contribution >= 0.6 is 0 Å². The highest BCUT2D eigenvalue weighted by Gasteiger charge is 2.52. The van der Waals surface area contributed by atoms with Crippen LogP contribution in [-0.2, 0) is 14.1 Å². The molecule has 1 amide bonds. The number of aromatic nitrogens is 2. The number of nitrogens with zero attached hydrogens (tertiary/aromatic N) is 4.